The number of Topliss-reactive ketones (excluding diaryl/α,β-unsaturated/α-hetero) is 1. The lowest BCUT2D eigenvalue weighted by Gasteiger charge is -2.28. The fourth-order valence-corrected chi connectivity index (χ4v) is 5.61. The number of hydrogen-bond acceptors (Lipinski definition) is 2. The predicted octanol–water partition coefficient (Wildman–Crippen LogP) is 6.22. The van der Waals surface area contributed by atoms with Crippen LogP contribution in [-0.4, -0.2) is 16.5 Å². The second-order valence-electron chi connectivity index (χ2n) is 9.00. The number of aliphatic hydroxyl groups is 1. The maximum Gasteiger partial charge on any atom is 0.136 e. The van der Waals surface area contributed by atoms with Gasteiger partial charge in [-0.3, -0.25) is 4.79 Å². The van der Waals surface area contributed by atoms with Crippen LogP contribution in [0.1, 0.15) is 43.2 Å². The third-order valence-electron chi connectivity index (χ3n) is 6.89. The molecule has 0 unspecified atom stereocenters. The molecule has 0 aromatic heterocycles. The molecule has 4 aromatic carbocycles. The van der Waals surface area contributed by atoms with Crippen molar-refractivity contribution in [2.24, 2.45) is 5.92 Å². The highest BCUT2D eigenvalue weighted by atomic mass is 16.3. The lowest BCUT2D eigenvalue weighted by atomic mass is 9.76. The average molecular weight is 395 g/mol. The molecule has 0 saturated heterocycles. The van der Waals surface area contributed by atoms with E-state index in [1.165, 1.54) is 27.1 Å². The summed E-state index contributed by atoms with van der Waals surface area (Å²) < 4.78 is 0. The molecule has 0 bridgehead atoms. The molecule has 5 rings (SSSR count). The Kier molecular flexibility index (Phi) is 4.48. The van der Waals surface area contributed by atoms with E-state index >= 15 is 0 Å². The second-order valence-corrected chi connectivity index (χ2v) is 9.00. The van der Waals surface area contributed by atoms with Gasteiger partial charge in [0.2, 0.25) is 0 Å². The minimum Gasteiger partial charge on any atom is -0.389 e. The summed E-state index contributed by atoms with van der Waals surface area (Å²) in [6.07, 6.45) is 0.576. The summed E-state index contributed by atoms with van der Waals surface area (Å²) in [6, 6.07) is 29.6. The minimum absolute atomic E-state index is 0.0525. The van der Waals surface area contributed by atoms with Crippen LogP contribution in [0.25, 0.3) is 21.5 Å². The molecule has 4 atom stereocenters. The minimum atomic E-state index is -1.03. The van der Waals surface area contributed by atoms with Crippen LogP contribution in [0.2, 0.25) is 0 Å². The molecular weight excluding hydrogens is 368 g/mol. The van der Waals surface area contributed by atoms with Gasteiger partial charge in [0.1, 0.15) is 5.78 Å². The number of hydrogen-bond donors (Lipinski definition) is 1. The highest BCUT2D eigenvalue weighted by molar-refractivity contribution is 5.86. The summed E-state index contributed by atoms with van der Waals surface area (Å²) in [4.78, 5) is 12.7. The van der Waals surface area contributed by atoms with E-state index in [2.05, 4.69) is 66.7 Å². The smallest absolute Gasteiger partial charge is 0.136 e. The van der Waals surface area contributed by atoms with Gasteiger partial charge in [0, 0.05) is 5.92 Å². The molecular formula is C28H26O2. The van der Waals surface area contributed by atoms with Gasteiger partial charge in [-0.25, -0.2) is 0 Å². The Morgan fingerprint density at radius 3 is 1.87 bits per heavy atom. The Morgan fingerprint density at radius 2 is 1.30 bits per heavy atom. The molecule has 1 aliphatic carbocycles. The summed E-state index contributed by atoms with van der Waals surface area (Å²) in [5, 5.41) is 16.0. The number of ketones is 1. The molecule has 1 aliphatic rings. The van der Waals surface area contributed by atoms with Gasteiger partial charge in [0.25, 0.3) is 0 Å². The van der Waals surface area contributed by atoms with Gasteiger partial charge in [-0.15, -0.1) is 0 Å². The van der Waals surface area contributed by atoms with Crippen LogP contribution in [-0.2, 0) is 4.79 Å². The molecule has 2 nitrogen and oxygen atoms in total. The fraction of sp³-hybridized carbons (Fsp3) is 0.250. The van der Waals surface area contributed by atoms with Crippen molar-refractivity contribution in [3.63, 3.8) is 0 Å². The molecule has 150 valence electrons. The van der Waals surface area contributed by atoms with Crippen molar-refractivity contribution in [1.82, 2.24) is 0 Å². The van der Waals surface area contributed by atoms with E-state index in [0.717, 1.165) is 5.56 Å². The number of rotatable bonds is 3. The van der Waals surface area contributed by atoms with E-state index in [1.54, 1.807) is 6.92 Å². The highest BCUT2D eigenvalue weighted by Gasteiger charge is 2.53. The molecule has 0 amide bonds. The zero-order valence-corrected chi connectivity index (χ0v) is 17.4. The van der Waals surface area contributed by atoms with Crippen molar-refractivity contribution in [1.29, 1.82) is 0 Å². The molecule has 30 heavy (non-hydrogen) atoms. The lowest BCUT2D eigenvalue weighted by molar-refractivity contribution is -0.127. The zero-order chi connectivity index (χ0) is 20.9. The van der Waals surface area contributed by atoms with E-state index < -0.39 is 11.5 Å². The zero-order valence-electron chi connectivity index (χ0n) is 17.4. The molecule has 0 spiro atoms. The van der Waals surface area contributed by atoms with Gasteiger partial charge in [0.05, 0.1) is 11.5 Å². The van der Waals surface area contributed by atoms with Crippen molar-refractivity contribution in [2.45, 2.75) is 37.7 Å². The summed E-state index contributed by atoms with van der Waals surface area (Å²) in [7, 11) is 0. The summed E-state index contributed by atoms with van der Waals surface area (Å²) in [5.74, 6) is -0.334. The molecule has 0 radical (unpaired) electrons. The topological polar surface area (TPSA) is 37.3 Å². The first-order valence-electron chi connectivity index (χ1n) is 10.6. The van der Waals surface area contributed by atoms with Crippen LogP contribution in [0.15, 0.2) is 84.9 Å². The largest absolute Gasteiger partial charge is 0.389 e. The van der Waals surface area contributed by atoms with Crippen molar-refractivity contribution in [3.05, 3.63) is 96.1 Å². The highest BCUT2D eigenvalue weighted by Crippen LogP contribution is 2.55. The molecule has 2 heteroatoms. The SMILES string of the molecule is CC(=O)[C@H]1[C@H](c2ccc3ccccc3c2)[C@@H](c2ccc3ccccc3c2)C[C@@]1(C)O. The molecule has 4 aromatic rings. The van der Waals surface area contributed by atoms with Crippen LogP contribution >= 0.6 is 0 Å². The Labute approximate surface area is 177 Å². The molecule has 0 aliphatic heterocycles. The van der Waals surface area contributed by atoms with Crippen molar-refractivity contribution < 1.29 is 9.90 Å². The predicted molar refractivity (Wildman–Crippen MR) is 123 cm³/mol. The van der Waals surface area contributed by atoms with E-state index in [0.29, 0.717) is 6.42 Å². The third kappa shape index (κ3) is 3.12. The standard InChI is InChI=1S/C28H26O2/c1-18(29)27-26(24-14-12-20-8-4-6-10-22(20)16-24)25(17-28(27,2)30)23-13-11-19-7-3-5-9-21(19)15-23/h3-16,25-27,30H,17H2,1-2H3/t25-,26-,27+,28-/m1/s1. The van der Waals surface area contributed by atoms with Crippen LogP contribution < -0.4 is 0 Å². The summed E-state index contributed by atoms with van der Waals surface area (Å²) >= 11 is 0. The van der Waals surface area contributed by atoms with Crippen molar-refractivity contribution in [2.75, 3.05) is 0 Å². The van der Waals surface area contributed by atoms with E-state index in [-0.39, 0.29) is 17.6 Å². The van der Waals surface area contributed by atoms with Gasteiger partial charge < -0.3 is 5.11 Å². The molecule has 1 N–H and O–H groups in total. The van der Waals surface area contributed by atoms with Gasteiger partial charge in [-0.1, -0.05) is 84.9 Å². The van der Waals surface area contributed by atoms with Crippen LogP contribution in [0.5, 0.6) is 0 Å². The monoisotopic (exact) mass is 394 g/mol. The number of fused-ring (bicyclic) bond motifs is 2. The van der Waals surface area contributed by atoms with E-state index in [1.807, 2.05) is 25.1 Å². The van der Waals surface area contributed by atoms with Crippen LogP contribution in [0.3, 0.4) is 0 Å². The third-order valence-corrected chi connectivity index (χ3v) is 6.89. The quantitative estimate of drug-likeness (QED) is 0.448. The van der Waals surface area contributed by atoms with E-state index in [9.17, 15) is 9.90 Å². The Hall–Kier alpha value is -2.97. The maximum atomic E-state index is 12.7. The van der Waals surface area contributed by atoms with E-state index in [4.69, 9.17) is 0 Å². The second kappa shape index (κ2) is 7.07. The Morgan fingerprint density at radius 1 is 0.800 bits per heavy atom. The Balaban J connectivity index is 1.67. The van der Waals surface area contributed by atoms with Crippen LogP contribution in [0, 0.1) is 5.92 Å². The molecule has 0 heterocycles. The number of benzene rings is 4. The lowest BCUT2D eigenvalue weighted by Crippen LogP contribution is -2.36. The molecule has 1 saturated carbocycles. The first-order chi connectivity index (χ1) is 14.4. The first-order valence-corrected chi connectivity index (χ1v) is 10.6. The maximum absolute atomic E-state index is 12.7. The fourth-order valence-electron chi connectivity index (χ4n) is 5.61. The van der Waals surface area contributed by atoms with Gasteiger partial charge >= 0.3 is 0 Å². The normalized spacial score (nSPS) is 26.3. The van der Waals surface area contributed by atoms with Gasteiger partial charge in [0.15, 0.2) is 0 Å². The summed E-state index contributed by atoms with van der Waals surface area (Å²) in [5.41, 5.74) is 1.29. The number of carbonyl (C=O) groups is 1. The molecule has 1 fully saturated rings. The summed E-state index contributed by atoms with van der Waals surface area (Å²) in [6.45, 7) is 3.45. The van der Waals surface area contributed by atoms with Gasteiger partial charge in [-0.05, 0) is 58.9 Å². The van der Waals surface area contributed by atoms with Crippen LogP contribution in [0.4, 0.5) is 0 Å². The van der Waals surface area contributed by atoms with Crippen molar-refractivity contribution >= 4 is 27.3 Å². The first kappa shape index (κ1) is 19.0. The average Bonchev–Trinajstić information content (AvgIpc) is 3.04. The number of carbonyl (C=O) groups excluding carboxylic acids is 1. The van der Waals surface area contributed by atoms with Crippen molar-refractivity contribution in [3.8, 4) is 0 Å². The van der Waals surface area contributed by atoms with Gasteiger partial charge in [-0.2, -0.15) is 0 Å². The Bertz CT molecular complexity index is 1250.